The summed E-state index contributed by atoms with van der Waals surface area (Å²) in [5.74, 6) is 1.45. The van der Waals surface area contributed by atoms with Gasteiger partial charge >= 0.3 is 0 Å². The summed E-state index contributed by atoms with van der Waals surface area (Å²) in [6, 6.07) is 1.97. The van der Waals surface area contributed by atoms with Crippen LogP contribution >= 0.6 is 0 Å². The highest BCUT2D eigenvalue weighted by molar-refractivity contribution is 5.96. The van der Waals surface area contributed by atoms with Crippen molar-refractivity contribution in [2.24, 2.45) is 0 Å². The number of nitrogens with zero attached hydrogens (tertiary/aromatic N) is 3. The van der Waals surface area contributed by atoms with Crippen LogP contribution in [0, 0.1) is 13.8 Å². The summed E-state index contributed by atoms with van der Waals surface area (Å²) in [5.41, 5.74) is 2.09. The molecule has 0 aliphatic carbocycles. The predicted octanol–water partition coefficient (Wildman–Crippen LogP) is 3.99. The first-order chi connectivity index (χ1) is 11.6. The van der Waals surface area contributed by atoms with Crippen LogP contribution < -0.4 is 0 Å². The highest BCUT2D eigenvalue weighted by atomic mass is 16.5. The predicted molar refractivity (Wildman–Crippen MR) is 88.7 cm³/mol. The third kappa shape index (κ3) is 3.23. The van der Waals surface area contributed by atoms with Crippen molar-refractivity contribution in [2.75, 3.05) is 6.54 Å². The van der Waals surface area contributed by atoms with Gasteiger partial charge in [0.2, 0.25) is 0 Å². The molecule has 1 amide bonds. The average molecular weight is 331 g/mol. The molecule has 2 aromatic rings. The normalized spacial score (nSPS) is 18.6. The van der Waals surface area contributed by atoms with E-state index in [1.807, 2.05) is 17.9 Å². The van der Waals surface area contributed by atoms with Gasteiger partial charge in [-0.3, -0.25) is 4.79 Å². The van der Waals surface area contributed by atoms with Crippen molar-refractivity contribution in [3.8, 4) is 0 Å². The third-order valence-corrected chi connectivity index (χ3v) is 4.68. The molecule has 6 heteroatoms. The minimum atomic E-state index is -0.0388. The van der Waals surface area contributed by atoms with E-state index >= 15 is 0 Å². The molecule has 6 nitrogen and oxygen atoms in total. The van der Waals surface area contributed by atoms with Gasteiger partial charge in [-0.2, -0.15) is 0 Å². The van der Waals surface area contributed by atoms with Crippen molar-refractivity contribution in [3.63, 3.8) is 0 Å². The second kappa shape index (κ2) is 7.20. The van der Waals surface area contributed by atoms with Gasteiger partial charge in [-0.25, -0.2) is 0 Å². The van der Waals surface area contributed by atoms with Crippen LogP contribution in [-0.2, 0) is 6.42 Å². The second-order valence-corrected chi connectivity index (χ2v) is 6.53. The van der Waals surface area contributed by atoms with Gasteiger partial charge in [-0.05, 0) is 33.1 Å². The number of hydrogen-bond acceptors (Lipinski definition) is 5. The Hall–Kier alpha value is -2.11. The lowest BCUT2D eigenvalue weighted by molar-refractivity contribution is 0.0671. The van der Waals surface area contributed by atoms with Crippen LogP contribution in [0.15, 0.2) is 15.1 Å². The monoisotopic (exact) mass is 331 g/mol. The van der Waals surface area contributed by atoms with Crippen molar-refractivity contribution in [3.05, 3.63) is 34.5 Å². The van der Waals surface area contributed by atoms with Crippen molar-refractivity contribution in [1.29, 1.82) is 0 Å². The van der Waals surface area contributed by atoms with Gasteiger partial charge < -0.3 is 13.9 Å². The number of aromatic nitrogens is 2. The maximum Gasteiger partial charge on any atom is 0.259 e. The number of hydrogen-bond donors (Lipinski definition) is 0. The Balaban J connectivity index is 1.91. The summed E-state index contributed by atoms with van der Waals surface area (Å²) in [6.45, 7) is 6.44. The highest BCUT2D eigenvalue weighted by Crippen LogP contribution is 2.32. The Kier molecular flexibility index (Phi) is 5.02. The molecule has 0 N–H and O–H groups in total. The zero-order valence-electron chi connectivity index (χ0n) is 14.7. The fraction of sp³-hybridized carbons (Fsp3) is 0.611. The fourth-order valence-electron chi connectivity index (χ4n) is 3.44. The molecule has 0 aromatic carbocycles. The van der Waals surface area contributed by atoms with Gasteiger partial charge in [0.1, 0.15) is 22.8 Å². The first-order valence-corrected chi connectivity index (χ1v) is 8.81. The van der Waals surface area contributed by atoms with Gasteiger partial charge in [-0.1, -0.05) is 30.1 Å². The van der Waals surface area contributed by atoms with Crippen LogP contribution in [0.1, 0.15) is 78.3 Å². The summed E-state index contributed by atoms with van der Waals surface area (Å²) in [6.07, 6.45) is 6.02. The zero-order chi connectivity index (χ0) is 17.1. The van der Waals surface area contributed by atoms with Gasteiger partial charge in [0, 0.05) is 19.0 Å². The van der Waals surface area contributed by atoms with Gasteiger partial charge in [-0.15, -0.1) is 0 Å². The summed E-state index contributed by atoms with van der Waals surface area (Å²) < 4.78 is 10.6. The number of amides is 1. The van der Waals surface area contributed by atoms with Gasteiger partial charge in [0.25, 0.3) is 5.91 Å². The van der Waals surface area contributed by atoms with E-state index in [-0.39, 0.29) is 11.9 Å². The molecule has 1 aliphatic heterocycles. The lowest BCUT2D eigenvalue weighted by Gasteiger charge is -2.28. The Morgan fingerprint density at radius 3 is 2.79 bits per heavy atom. The summed E-state index contributed by atoms with van der Waals surface area (Å²) in [5, 5.41) is 8.18. The van der Waals surface area contributed by atoms with Crippen molar-refractivity contribution >= 4 is 5.91 Å². The molecule has 0 unspecified atom stereocenters. The minimum absolute atomic E-state index is 0.0156. The van der Waals surface area contributed by atoms with E-state index in [4.69, 9.17) is 9.05 Å². The molecule has 3 heterocycles. The number of carbonyl (C=O) groups excluding carboxylic acids is 1. The van der Waals surface area contributed by atoms with E-state index in [1.165, 1.54) is 0 Å². The summed E-state index contributed by atoms with van der Waals surface area (Å²) >= 11 is 0. The molecular formula is C18H25N3O3. The summed E-state index contributed by atoms with van der Waals surface area (Å²) in [4.78, 5) is 15.1. The first kappa shape index (κ1) is 16.7. The molecular weight excluding hydrogens is 306 g/mol. The van der Waals surface area contributed by atoms with E-state index in [0.29, 0.717) is 17.0 Å². The van der Waals surface area contributed by atoms with Crippen molar-refractivity contribution < 1.29 is 13.8 Å². The molecule has 1 fully saturated rings. The molecule has 0 radical (unpaired) electrons. The van der Waals surface area contributed by atoms with Crippen LogP contribution in [-0.4, -0.2) is 27.7 Å². The Bertz CT molecular complexity index is 685. The van der Waals surface area contributed by atoms with Crippen molar-refractivity contribution in [1.82, 2.24) is 15.2 Å². The molecule has 1 saturated heterocycles. The lowest BCUT2D eigenvalue weighted by Crippen LogP contribution is -2.35. The number of aryl methyl sites for hydroxylation is 3. The number of likely N-dealkylation sites (tertiary alicyclic amines) is 1. The maximum atomic E-state index is 13.1. The summed E-state index contributed by atoms with van der Waals surface area (Å²) in [7, 11) is 0. The minimum Gasteiger partial charge on any atom is -0.361 e. The Morgan fingerprint density at radius 2 is 2.08 bits per heavy atom. The quantitative estimate of drug-likeness (QED) is 0.847. The van der Waals surface area contributed by atoms with Crippen LogP contribution in [0.4, 0.5) is 0 Å². The largest absolute Gasteiger partial charge is 0.361 e. The Morgan fingerprint density at radius 1 is 1.25 bits per heavy atom. The SMILES string of the molecule is CCCc1cc([C@H]2CCCCCN2C(=O)c2c(C)noc2C)no1. The maximum absolute atomic E-state index is 13.1. The fourth-order valence-corrected chi connectivity index (χ4v) is 3.44. The molecule has 0 bridgehead atoms. The molecule has 1 aliphatic rings. The number of carbonyl (C=O) groups is 1. The van der Waals surface area contributed by atoms with E-state index in [9.17, 15) is 4.79 Å². The van der Waals surface area contributed by atoms with E-state index in [0.717, 1.165) is 56.5 Å². The van der Waals surface area contributed by atoms with Crippen molar-refractivity contribution in [2.45, 2.75) is 65.3 Å². The standard InChI is InChI=1S/C18H25N3O3/c1-4-8-14-11-15(20-24-14)16-9-6-5-7-10-21(16)18(22)17-12(2)19-23-13(17)3/h11,16H,4-10H2,1-3H3/t16-/m1/s1. The first-order valence-electron chi connectivity index (χ1n) is 8.81. The van der Waals surface area contributed by atoms with E-state index < -0.39 is 0 Å². The third-order valence-electron chi connectivity index (χ3n) is 4.68. The highest BCUT2D eigenvalue weighted by Gasteiger charge is 2.32. The van der Waals surface area contributed by atoms with E-state index in [2.05, 4.69) is 17.2 Å². The van der Waals surface area contributed by atoms with Gasteiger partial charge in [0.15, 0.2) is 0 Å². The average Bonchev–Trinajstić information content (AvgIpc) is 3.06. The van der Waals surface area contributed by atoms with Gasteiger partial charge in [0.05, 0.1) is 11.7 Å². The van der Waals surface area contributed by atoms with Crippen LogP contribution in [0.3, 0.4) is 0 Å². The smallest absolute Gasteiger partial charge is 0.259 e. The van der Waals surface area contributed by atoms with Crippen LogP contribution in [0.25, 0.3) is 0 Å². The van der Waals surface area contributed by atoms with Crippen LogP contribution in [0.2, 0.25) is 0 Å². The molecule has 130 valence electrons. The lowest BCUT2D eigenvalue weighted by atomic mass is 10.0. The second-order valence-electron chi connectivity index (χ2n) is 6.53. The zero-order valence-corrected chi connectivity index (χ0v) is 14.7. The molecule has 0 spiro atoms. The van der Waals surface area contributed by atoms with E-state index in [1.54, 1.807) is 6.92 Å². The molecule has 2 aromatic heterocycles. The topological polar surface area (TPSA) is 72.4 Å². The number of rotatable bonds is 4. The molecule has 1 atom stereocenters. The molecule has 24 heavy (non-hydrogen) atoms. The van der Waals surface area contributed by atoms with Crippen LogP contribution in [0.5, 0.6) is 0 Å². The Labute approximate surface area is 142 Å². The molecule has 3 rings (SSSR count). The molecule has 0 saturated carbocycles.